The van der Waals surface area contributed by atoms with Gasteiger partial charge in [-0.05, 0) is 55.3 Å². The summed E-state index contributed by atoms with van der Waals surface area (Å²) < 4.78 is 5.00. The number of ether oxygens (including phenoxy) is 1. The second kappa shape index (κ2) is 11.0. The van der Waals surface area contributed by atoms with Crippen molar-refractivity contribution in [2.45, 2.75) is 32.7 Å². The summed E-state index contributed by atoms with van der Waals surface area (Å²) in [6.07, 6.45) is 1.71. The molecule has 2 aromatic carbocycles. The molecule has 0 bridgehead atoms. The number of methoxy groups -OCH3 is 1. The van der Waals surface area contributed by atoms with Crippen LogP contribution in [0.2, 0.25) is 0 Å². The minimum Gasteiger partial charge on any atom is -0.466 e. The highest BCUT2D eigenvalue weighted by Crippen LogP contribution is 2.32. The van der Waals surface area contributed by atoms with E-state index in [0.717, 1.165) is 12.8 Å². The fourth-order valence-corrected chi connectivity index (χ4v) is 3.71. The van der Waals surface area contributed by atoms with Crippen LogP contribution in [0.4, 0.5) is 21.0 Å². The first-order valence-corrected chi connectivity index (χ1v) is 10.9. The first kappa shape index (κ1) is 24.3. The minimum absolute atomic E-state index is 0.291. The normalized spacial score (nSPS) is 15.3. The van der Waals surface area contributed by atoms with E-state index in [4.69, 9.17) is 10.00 Å². The Balaban J connectivity index is 1.83. The van der Waals surface area contributed by atoms with Crippen molar-refractivity contribution >= 4 is 29.4 Å². The van der Waals surface area contributed by atoms with Crippen molar-refractivity contribution in [3.8, 4) is 6.07 Å². The monoisotopic (exact) mass is 461 g/mol. The minimum atomic E-state index is -0.721. The van der Waals surface area contributed by atoms with E-state index in [1.165, 1.54) is 7.11 Å². The Kier molecular flexibility index (Phi) is 7.88. The molecular weight excluding hydrogens is 434 g/mol. The van der Waals surface area contributed by atoms with Crippen LogP contribution >= 0.6 is 0 Å². The van der Waals surface area contributed by atoms with E-state index in [-0.39, 0.29) is 6.03 Å². The van der Waals surface area contributed by atoms with E-state index < -0.39 is 18.0 Å². The van der Waals surface area contributed by atoms with Gasteiger partial charge in [-0.1, -0.05) is 25.5 Å². The maximum atomic E-state index is 12.8. The third-order valence-electron chi connectivity index (χ3n) is 5.49. The van der Waals surface area contributed by atoms with Crippen molar-refractivity contribution in [3.63, 3.8) is 0 Å². The maximum Gasteiger partial charge on any atom is 0.337 e. The zero-order chi connectivity index (χ0) is 24.7. The molecule has 176 valence electrons. The molecule has 1 heterocycles. The Morgan fingerprint density at radius 1 is 1.15 bits per heavy atom. The van der Waals surface area contributed by atoms with E-state index in [2.05, 4.69) is 16.0 Å². The number of carbonyl (C=O) groups is 3. The van der Waals surface area contributed by atoms with Gasteiger partial charge in [0.1, 0.15) is 0 Å². The highest BCUT2D eigenvalue weighted by atomic mass is 16.5. The molecule has 0 saturated carbocycles. The fraction of sp³-hybridized carbons (Fsp3) is 0.280. The van der Waals surface area contributed by atoms with E-state index in [9.17, 15) is 14.4 Å². The van der Waals surface area contributed by atoms with Crippen molar-refractivity contribution in [1.82, 2.24) is 10.2 Å². The molecular formula is C25H27N5O4. The number of amides is 4. The maximum absolute atomic E-state index is 12.8. The summed E-state index contributed by atoms with van der Waals surface area (Å²) in [7, 11) is 1.30. The summed E-state index contributed by atoms with van der Waals surface area (Å²) in [6, 6.07) is 13.9. The number of urea groups is 2. The van der Waals surface area contributed by atoms with Crippen LogP contribution in [0.1, 0.15) is 43.9 Å². The van der Waals surface area contributed by atoms with Crippen LogP contribution in [0.25, 0.3) is 0 Å². The van der Waals surface area contributed by atoms with Gasteiger partial charge in [-0.15, -0.1) is 0 Å². The first-order valence-electron chi connectivity index (χ1n) is 10.9. The molecule has 3 N–H and O–H groups in total. The third-order valence-corrected chi connectivity index (χ3v) is 5.49. The molecule has 1 unspecified atom stereocenters. The van der Waals surface area contributed by atoms with Gasteiger partial charge in [-0.3, -0.25) is 4.90 Å². The molecule has 9 heteroatoms. The van der Waals surface area contributed by atoms with Gasteiger partial charge in [0.2, 0.25) is 0 Å². The number of rotatable bonds is 7. The van der Waals surface area contributed by atoms with E-state index in [0.29, 0.717) is 40.3 Å². The van der Waals surface area contributed by atoms with Gasteiger partial charge in [0.05, 0.1) is 30.4 Å². The molecule has 0 spiro atoms. The third kappa shape index (κ3) is 5.53. The van der Waals surface area contributed by atoms with Gasteiger partial charge >= 0.3 is 18.0 Å². The van der Waals surface area contributed by atoms with Crippen LogP contribution in [-0.2, 0) is 9.53 Å². The van der Waals surface area contributed by atoms with Crippen molar-refractivity contribution < 1.29 is 19.1 Å². The number of hydrogen-bond donors (Lipinski definition) is 3. The lowest BCUT2D eigenvalue weighted by atomic mass is 9.94. The number of nitrogens with one attached hydrogen (secondary N) is 3. The highest BCUT2D eigenvalue weighted by molar-refractivity contribution is 6.00. The second-order valence-corrected chi connectivity index (χ2v) is 7.77. The zero-order valence-corrected chi connectivity index (χ0v) is 19.3. The largest absolute Gasteiger partial charge is 0.466 e. The van der Waals surface area contributed by atoms with E-state index >= 15 is 0 Å². The number of unbranched alkanes of at least 4 members (excludes halogenated alkanes) is 1. The van der Waals surface area contributed by atoms with Gasteiger partial charge in [0.15, 0.2) is 0 Å². The van der Waals surface area contributed by atoms with Crippen molar-refractivity contribution in [3.05, 3.63) is 70.9 Å². The number of hydrogen-bond acceptors (Lipinski definition) is 5. The molecule has 4 amide bonds. The van der Waals surface area contributed by atoms with Gasteiger partial charge in [0, 0.05) is 23.6 Å². The quantitative estimate of drug-likeness (QED) is 0.523. The Labute approximate surface area is 198 Å². The van der Waals surface area contributed by atoms with Crippen LogP contribution in [0.15, 0.2) is 59.8 Å². The summed E-state index contributed by atoms with van der Waals surface area (Å²) in [4.78, 5) is 39.4. The lowest BCUT2D eigenvalue weighted by Gasteiger charge is -2.35. The average Bonchev–Trinajstić information content (AvgIpc) is 2.83. The topological polar surface area (TPSA) is 124 Å². The first-order chi connectivity index (χ1) is 16.4. The average molecular weight is 462 g/mol. The van der Waals surface area contributed by atoms with Crippen LogP contribution in [0.3, 0.4) is 0 Å². The molecule has 1 aliphatic heterocycles. The second-order valence-electron chi connectivity index (χ2n) is 7.77. The molecule has 34 heavy (non-hydrogen) atoms. The van der Waals surface area contributed by atoms with E-state index in [1.807, 2.05) is 13.0 Å². The van der Waals surface area contributed by atoms with Crippen molar-refractivity contribution in [1.29, 1.82) is 5.26 Å². The van der Waals surface area contributed by atoms with Crippen LogP contribution in [0.5, 0.6) is 0 Å². The Bertz CT molecular complexity index is 1150. The van der Waals surface area contributed by atoms with Crippen LogP contribution in [-0.4, -0.2) is 36.6 Å². The number of nitriles is 1. The molecule has 1 aliphatic rings. The number of carbonyl (C=O) groups excluding carboxylic acids is 3. The molecule has 3 rings (SSSR count). The summed E-state index contributed by atoms with van der Waals surface area (Å²) in [5.74, 6) is -0.527. The summed E-state index contributed by atoms with van der Waals surface area (Å²) in [6.45, 7) is 4.26. The molecule has 0 radical (unpaired) electrons. The SMILES string of the molecule is CCCCN1C(=O)NC(c2cccc(NC(=O)Nc3ccc(C#N)cc3)c2)C(C(=O)OC)=C1C. The van der Waals surface area contributed by atoms with Gasteiger partial charge in [-0.25, -0.2) is 14.4 Å². The number of allylic oxidation sites excluding steroid dienone is 1. The lowest BCUT2D eigenvalue weighted by Crippen LogP contribution is -2.48. The van der Waals surface area contributed by atoms with Crippen molar-refractivity contribution in [2.24, 2.45) is 0 Å². The standard InChI is InChI=1S/C25H27N5O4/c1-4-5-13-30-16(2)21(23(31)34-3)22(29-25(30)33)18-7-6-8-20(14-18)28-24(32)27-19-11-9-17(15-26)10-12-19/h6-12,14,22H,4-5,13H2,1-3H3,(H,29,33)(H2,27,28,32). The number of anilines is 2. The smallest absolute Gasteiger partial charge is 0.337 e. The Morgan fingerprint density at radius 2 is 1.85 bits per heavy atom. The fourth-order valence-electron chi connectivity index (χ4n) is 3.71. The molecule has 0 fully saturated rings. The number of benzene rings is 2. The van der Waals surface area contributed by atoms with Gasteiger partial charge in [-0.2, -0.15) is 5.26 Å². The van der Waals surface area contributed by atoms with Crippen LogP contribution < -0.4 is 16.0 Å². The van der Waals surface area contributed by atoms with E-state index in [1.54, 1.807) is 60.4 Å². The summed E-state index contributed by atoms with van der Waals surface area (Å²) in [5, 5.41) is 17.2. The molecule has 0 aliphatic carbocycles. The number of esters is 1. The Morgan fingerprint density at radius 3 is 2.50 bits per heavy atom. The molecule has 0 saturated heterocycles. The van der Waals surface area contributed by atoms with Gasteiger partial charge in [0.25, 0.3) is 0 Å². The number of nitrogens with zero attached hydrogens (tertiary/aromatic N) is 2. The molecule has 2 aromatic rings. The molecule has 9 nitrogen and oxygen atoms in total. The van der Waals surface area contributed by atoms with Gasteiger partial charge < -0.3 is 20.7 Å². The molecule has 1 atom stereocenters. The highest BCUT2D eigenvalue weighted by Gasteiger charge is 2.36. The predicted molar refractivity (Wildman–Crippen MR) is 128 cm³/mol. The van der Waals surface area contributed by atoms with Crippen molar-refractivity contribution in [2.75, 3.05) is 24.3 Å². The lowest BCUT2D eigenvalue weighted by molar-refractivity contribution is -0.136. The summed E-state index contributed by atoms with van der Waals surface area (Å²) in [5.41, 5.74) is 3.02. The zero-order valence-electron chi connectivity index (χ0n) is 19.3. The summed E-state index contributed by atoms with van der Waals surface area (Å²) >= 11 is 0. The predicted octanol–water partition coefficient (Wildman–Crippen LogP) is 4.52. The Hall–Kier alpha value is -4.32. The van der Waals surface area contributed by atoms with Crippen LogP contribution in [0, 0.1) is 11.3 Å². The molecule has 0 aromatic heterocycles.